The van der Waals surface area contributed by atoms with E-state index in [9.17, 15) is 4.79 Å². The number of fused-ring (bicyclic) bond motifs is 1. The molecule has 0 unspecified atom stereocenters. The first-order valence-electron chi connectivity index (χ1n) is 6.36. The van der Waals surface area contributed by atoms with Gasteiger partial charge in [-0.15, -0.1) is 0 Å². The van der Waals surface area contributed by atoms with E-state index in [2.05, 4.69) is 5.16 Å². The van der Waals surface area contributed by atoms with E-state index in [1.807, 2.05) is 30.3 Å². The zero-order valence-electron chi connectivity index (χ0n) is 10.8. The minimum atomic E-state index is -0.939. The number of amides is 1. The van der Waals surface area contributed by atoms with Gasteiger partial charge in [0.25, 0.3) is 5.88 Å². The number of hydrogen-bond acceptors (Lipinski definition) is 4. The van der Waals surface area contributed by atoms with Gasteiger partial charge in [0.1, 0.15) is 12.4 Å². The Morgan fingerprint density at radius 1 is 1.40 bits per heavy atom. The van der Waals surface area contributed by atoms with E-state index in [4.69, 9.17) is 14.4 Å². The number of rotatable bonds is 3. The van der Waals surface area contributed by atoms with Crippen molar-refractivity contribution in [2.24, 2.45) is 0 Å². The van der Waals surface area contributed by atoms with Gasteiger partial charge in [-0.2, -0.15) is 0 Å². The molecule has 2 heterocycles. The normalized spacial score (nSPS) is 13.9. The first-order valence-corrected chi connectivity index (χ1v) is 6.36. The van der Waals surface area contributed by atoms with Crippen molar-refractivity contribution in [3.05, 3.63) is 47.2 Å². The van der Waals surface area contributed by atoms with Crippen LogP contribution in [0.15, 0.2) is 34.9 Å². The summed E-state index contributed by atoms with van der Waals surface area (Å²) in [4.78, 5) is 12.3. The highest BCUT2D eigenvalue weighted by Gasteiger charge is 2.27. The maximum atomic E-state index is 11.0. The smallest absolute Gasteiger partial charge is 0.407 e. The van der Waals surface area contributed by atoms with Crippen LogP contribution in [-0.2, 0) is 19.6 Å². The number of nitrogens with zero attached hydrogens (tertiary/aromatic N) is 2. The Hall–Kier alpha value is -2.50. The summed E-state index contributed by atoms with van der Waals surface area (Å²) in [5.41, 5.74) is 1.75. The second-order valence-electron chi connectivity index (χ2n) is 4.62. The molecule has 0 saturated carbocycles. The molecule has 0 aliphatic carbocycles. The average molecular weight is 274 g/mol. The molecule has 6 nitrogen and oxygen atoms in total. The van der Waals surface area contributed by atoms with Crippen LogP contribution in [0, 0.1) is 0 Å². The molecule has 1 aliphatic rings. The molecule has 1 aliphatic heterocycles. The molecule has 3 rings (SSSR count). The minimum absolute atomic E-state index is 0.262. The van der Waals surface area contributed by atoms with Crippen LogP contribution in [0.3, 0.4) is 0 Å². The second-order valence-corrected chi connectivity index (χ2v) is 4.62. The Morgan fingerprint density at radius 2 is 2.20 bits per heavy atom. The fraction of sp³-hybridized carbons (Fsp3) is 0.286. The van der Waals surface area contributed by atoms with Crippen LogP contribution in [0.4, 0.5) is 4.79 Å². The van der Waals surface area contributed by atoms with Crippen LogP contribution in [0.2, 0.25) is 0 Å². The van der Waals surface area contributed by atoms with E-state index in [0.29, 0.717) is 31.2 Å². The third-order valence-corrected chi connectivity index (χ3v) is 3.28. The molecule has 1 aromatic carbocycles. The van der Waals surface area contributed by atoms with Crippen molar-refractivity contribution < 1.29 is 19.2 Å². The lowest BCUT2D eigenvalue weighted by molar-refractivity contribution is 0.137. The highest BCUT2D eigenvalue weighted by atomic mass is 16.5. The Kier molecular flexibility index (Phi) is 3.28. The van der Waals surface area contributed by atoms with Gasteiger partial charge in [-0.1, -0.05) is 30.3 Å². The van der Waals surface area contributed by atoms with Gasteiger partial charge in [0, 0.05) is 13.0 Å². The number of carboxylic acid groups (broad SMARTS) is 1. The minimum Gasteiger partial charge on any atom is -0.470 e. The van der Waals surface area contributed by atoms with Crippen LogP contribution in [0.5, 0.6) is 5.88 Å². The predicted molar refractivity (Wildman–Crippen MR) is 69.4 cm³/mol. The van der Waals surface area contributed by atoms with E-state index in [0.717, 1.165) is 11.1 Å². The fourth-order valence-corrected chi connectivity index (χ4v) is 2.19. The molecule has 0 saturated heterocycles. The lowest BCUT2D eigenvalue weighted by atomic mass is 10.1. The molecule has 104 valence electrons. The first-order chi connectivity index (χ1) is 9.74. The predicted octanol–water partition coefficient (Wildman–Crippen LogP) is 2.29. The fourth-order valence-electron chi connectivity index (χ4n) is 2.19. The first kappa shape index (κ1) is 12.5. The van der Waals surface area contributed by atoms with Gasteiger partial charge in [-0.05, 0) is 10.7 Å². The monoisotopic (exact) mass is 274 g/mol. The van der Waals surface area contributed by atoms with Gasteiger partial charge in [-0.3, -0.25) is 0 Å². The second kappa shape index (κ2) is 5.24. The molecule has 1 N–H and O–H groups in total. The number of carbonyl (C=O) groups is 1. The van der Waals surface area contributed by atoms with E-state index in [1.54, 1.807) is 0 Å². The molecule has 0 spiro atoms. The molecule has 0 fully saturated rings. The maximum absolute atomic E-state index is 11.0. The maximum Gasteiger partial charge on any atom is 0.407 e. The van der Waals surface area contributed by atoms with Gasteiger partial charge >= 0.3 is 6.09 Å². The lowest BCUT2D eigenvalue weighted by Crippen LogP contribution is -2.34. The zero-order valence-corrected chi connectivity index (χ0v) is 10.8. The molecule has 20 heavy (non-hydrogen) atoms. The van der Waals surface area contributed by atoms with Crippen LogP contribution in [-0.4, -0.2) is 27.8 Å². The van der Waals surface area contributed by atoms with Crippen molar-refractivity contribution >= 4 is 6.09 Å². The van der Waals surface area contributed by atoms with Crippen molar-refractivity contribution in [2.45, 2.75) is 19.6 Å². The van der Waals surface area contributed by atoms with E-state index in [1.165, 1.54) is 4.90 Å². The van der Waals surface area contributed by atoms with Crippen LogP contribution < -0.4 is 4.74 Å². The Bertz CT molecular complexity index is 609. The summed E-state index contributed by atoms with van der Waals surface area (Å²) in [7, 11) is 0. The molecule has 2 aromatic rings. The van der Waals surface area contributed by atoms with Gasteiger partial charge in [-0.25, -0.2) is 4.79 Å². The summed E-state index contributed by atoms with van der Waals surface area (Å²) in [6.45, 7) is 1.07. The third kappa shape index (κ3) is 2.45. The zero-order chi connectivity index (χ0) is 13.9. The molecule has 0 radical (unpaired) electrons. The van der Waals surface area contributed by atoms with Gasteiger partial charge in [0.2, 0.25) is 0 Å². The van der Waals surface area contributed by atoms with Crippen molar-refractivity contribution in [3.8, 4) is 5.88 Å². The largest absolute Gasteiger partial charge is 0.470 e. The van der Waals surface area contributed by atoms with Crippen LogP contribution in [0.1, 0.15) is 16.9 Å². The summed E-state index contributed by atoms with van der Waals surface area (Å²) in [6.07, 6.45) is -0.408. The SMILES string of the molecule is O=C(O)N1CCc2onc(OCc3ccccc3)c2C1. The highest BCUT2D eigenvalue weighted by molar-refractivity contribution is 5.65. The number of benzene rings is 1. The summed E-state index contributed by atoms with van der Waals surface area (Å²) in [5, 5.41) is 12.9. The highest BCUT2D eigenvalue weighted by Crippen LogP contribution is 2.28. The number of hydrogen-bond donors (Lipinski definition) is 1. The Morgan fingerprint density at radius 3 is 2.95 bits per heavy atom. The van der Waals surface area contributed by atoms with Crippen molar-refractivity contribution in [1.82, 2.24) is 10.1 Å². The van der Waals surface area contributed by atoms with Gasteiger partial charge in [0.05, 0.1) is 12.1 Å². The number of ether oxygens (including phenoxy) is 1. The van der Waals surface area contributed by atoms with Crippen molar-refractivity contribution in [3.63, 3.8) is 0 Å². The molecule has 1 amide bonds. The molecule has 6 heteroatoms. The summed E-state index contributed by atoms with van der Waals surface area (Å²) in [6, 6.07) is 9.71. The number of aromatic nitrogens is 1. The summed E-state index contributed by atoms with van der Waals surface area (Å²) >= 11 is 0. The summed E-state index contributed by atoms with van der Waals surface area (Å²) in [5.74, 6) is 1.10. The van der Waals surface area contributed by atoms with Crippen molar-refractivity contribution in [1.29, 1.82) is 0 Å². The summed E-state index contributed by atoms with van der Waals surface area (Å²) < 4.78 is 10.8. The Labute approximate surface area is 115 Å². The van der Waals surface area contributed by atoms with Gasteiger partial charge in [0.15, 0.2) is 0 Å². The molecule has 0 atom stereocenters. The van der Waals surface area contributed by atoms with E-state index < -0.39 is 6.09 Å². The lowest BCUT2D eigenvalue weighted by Gasteiger charge is -2.22. The topological polar surface area (TPSA) is 75.8 Å². The molecular weight excluding hydrogens is 260 g/mol. The van der Waals surface area contributed by atoms with Crippen molar-refractivity contribution in [2.75, 3.05) is 6.54 Å². The van der Waals surface area contributed by atoms with E-state index in [-0.39, 0.29) is 6.54 Å². The van der Waals surface area contributed by atoms with E-state index >= 15 is 0 Å². The standard InChI is InChI=1S/C14H14N2O4/c17-14(18)16-7-6-12-11(8-16)13(15-20-12)19-9-10-4-2-1-3-5-10/h1-5H,6-9H2,(H,17,18). The van der Waals surface area contributed by atoms with Crippen LogP contribution >= 0.6 is 0 Å². The third-order valence-electron chi connectivity index (χ3n) is 3.28. The molecular formula is C14H14N2O4. The average Bonchev–Trinajstić information content (AvgIpc) is 2.88. The molecule has 1 aromatic heterocycles. The van der Waals surface area contributed by atoms with Crippen LogP contribution in [0.25, 0.3) is 0 Å². The quantitative estimate of drug-likeness (QED) is 0.929. The Balaban J connectivity index is 1.73. The molecule has 0 bridgehead atoms. The van der Waals surface area contributed by atoms with Gasteiger partial charge < -0.3 is 19.3 Å².